The molecule has 4 atom stereocenters. The van der Waals surface area contributed by atoms with Crippen molar-refractivity contribution in [1.29, 1.82) is 0 Å². The van der Waals surface area contributed by atoms with Crippen LogP contribution in [-0.4, -0.2) is 36.0 Å². The third-order valence-electron chi connectivity index (χ3n) is 5.65. The van der Waals surface area contributed by atoms with Crippen LogP contribution < -0.4 is 11.1 Å². The lowest BCUT2D eigenvalue weighted by atomic mass is 9.98. The molecule has 0 spiro atoms. The molecule has 1 saturated carbocycles. The van der Waals surface area contributed by atoms with E-state index in [-0.39, 0.29) is 24.4 Å². The van der Waals surface area contributed by atoms with Gasteiger partial charge in [-0.3, -0.25) is 9.69 Å². The summed E-state index contributed by atoms with van der Waals surface area (Å²) in [6.07, 6.45) is 4.28. The highest BCUT2D eigenvalue weighted by Crippen LogP contribution is 2.39. The Morgan fingerprint density at radius 3 is 2.77 bits per heavy atom. The van der Waals surface area contributed by atoms with Gasteiger partial charge in [-0.15, -0.1) is 12.4 Å². The van der Waals surface area contributed by atoms with Crippen LogP contribution in [0.25, 0.3) is 0 Å². The molecule has 1 saturated heterocycles. The molecular weight excluding hydrogens is 298 g/mol. The number of fused-ring (bicyclic) bond motifs is 2. The van der Waals surface area contributed by atoms with Crippen LogP contribution in [0.15, 0.2) is 24.3 Å². The summed E-state index contributed by atoms with van der Waals surface area (Å²) in [4.78, 5) is 15.0. The summed E-state index contributed by atoms with van der Waals surface area (Å²) in [6.45, 7) is 2.05. The molecule has 4 rings (SSSR count). The first-order valence-electron chi connectivity index (χ1n) is 8.11. The van der Waals surface area contributed by atoms with Crippen molar-refractivity contribution in [2.45, 2.75) is 37.8 Å². The number of carbonyl (C=O) groups excluding carboxylic acids is 1. The van der Waals surface area contributed by atoms with Gasteiger partial charge in [-0.25, -0.2) is 0 Å². The van der Waals surface area contributed by atoms with Gasteiger partial charge in [0.2, 0.25) is 5.91 Å². The molecule has 5 heteroatoms. The second-order valence-corrected chi connectivity index (χ2v) is 6.82. The average molecular weight is 322 g/mol. The predicted molar refractivity (Wildman–Crippen MR) is 90.2 cm³/mol. The predicted octanol–water partition coefficient (Wildman–Crippen LogP) is 2.03. The molecule has 3 N–H and O–H groups in total. The van der Waals surface area contributed by atoms with E-state index in [2.05, 4.69) is 16.3 Å². The second-order valence-electron chi connectivity index (χ2n) is 6.82. The molecule has 0 radical (unpaired) electrons. The van der Waals surface area contributed by atoms with Crippen molar-refractivity contribution in [2.24, 2.45) is 17.6 Å². The van der Waals surface area contributed by atoms with Crippen molar-refractivity contribution < 1.29 is 4.79 Å². The van der Waals surface area contributed by atoms with E-state index < -0.39 is 0 Å². The number of hydrogen-bond acceptors (Lipinski definition) is 3. The molecule has 4 nitrogen and oxygen atoms in total. The van der Waals surface area contributed by atoms with Crippen molar-refractivity contribution in [3.63, 3.8) is 0 Å². The van der Waals surface area contributed by atoms with Crippen LogP contribution in [0.3, 0.4) is 0 Å². The maximum Gasteiger partial charge on any atom is 0.241 e. The summed E-state index contributed by atoms with van der Waals surface area (Å²) < 4.78 is 0. The molecule has 0 bridgehead atoms. The Morgan fingerprint density at radius 2 is 1.95 bits per heavy atom. The second kappa shape index (κ2) is 6.19. The fourth-order valence-corrected chi connectivity index (χ4v) is 4.44. The lowest BCUT2D eigenvalue weighted by Gasteiger charge is -2.26. The Kier molecular flexibility index (Phi) is 4.44. The molecule has 1 amide bonds. The van der Waals surface area contributed by atoms with Crippen LogP contribution in [0.5, 0.6) is 0 Å². The summed E-state index contributed by atoms with van der Waals surface area (Å²) in [5.41, 5.74) is 8.46. The molecule has 4 unspecified atom stereocenters. The number of halogens is 1. The van der Waals surface area contributed by atoms with Crippen molar-refractivity contribution >= 4 is 24.0 Å². The van der Waals surface area contributed by atoms with Gasteiger partial charge >= 0.3 is 0 Å². The highest BCUT2D eigenvalue weighted by atomic mass is 35.5. The summed E-state index contributed by atoms with van der Waals surface area (Å²) in [5.74, 6) is 1.47. The molecule has 120 valence electrons. The Morgan fingerprint density at radius 1 is 1.14 bits per heavy atom. The standard InChI is InChI=1S/C17H23N3O.ClH/c18-14-7-5-12-9-20(10-13(12)14)16-8-6-11-3-1-2-4-15(11)19-17(16)21;/h1-4,12-14,16H,5-10,18H2,(H,19,21);1H. The van der Waals surface area contributed by atoms with Gasteiger partial charge in [-0.1, -0.05) is 18.2 Å². The van der Waals surface area contributed by atoms with E-state index in [0.29, 0.717) is 17.9 Å². The number of nitrogens with one attached hydrogen (secondary N) is 1. The maximum atomic E-state index is 12.6. The van der Waals surface area contributed by atoms with Gasteiger partial charge in [0.1, 0.15) is 0 Å². The quantitative estimate of drug-likeness (QED) is 0.832. The summed E-state index contributed by atoms with van der Waals surface area (Å²) >= 11 is 0. The van der Waals surface area contributed by atoms with Crippen LogP contribution in [-0.2, 0) is 11.2 Å². The largest absolute Gasteiger partial charge is 0.327 e. The smallest absolute Gasteiger partial charge is 0.241 e. The first kappa shape index (κ1) is 15.8. The third kappa shape index (κ3) is 2.64. The minimum atomic E-state index is 0. The van der Waals surface area contributed by atoms with Crippen LogP contribution >= 0.6 is 12.4 Å². The van der Waals surface area contributed by atoms with Crippen LogP contribution in [0.2, 0.25) is 0 Å². The highest BCUT2D eigenvalue weighted by molar-refractivity contribution is 5.96. The number of carbonyl (C=O) groups is 1. The summed E-state index contributed by atoms with van der Waals surface area (Å²) in [6, 6.07) is 8.50. The molecule has 1 aromatic carbocycles. The number of likely N-dealkylation sites (tertiary alicyclic amines) is 1. The van der Waals surface area contributed by atoms with E-state index in [4.69, 9.17) is 5.73 Å². The van der Waals surface area contributed by atoms with E-state index in [0.717, 1.165) is 38.0 Å². The van der Waals surface area contributed by atoms with Crippen molar-refractivity contribution in [3.05, 3.63) is 29.8 Å². The third-order valence-corrected chi connectivity index (χ3v) is 5.65. The summed E-state index contributed by atoms with van der Waals surface area (Å²) in [7, 11) is 0. The average Bonchev–Trinajstić information content (AvgIpc) is 2.98. The normalized spacial score (nSPS) is 34.3. The van der Waals surface area contributed by atoms with Gasteiger partial charge in [0.05, 0.1) is 6.04 Å². The zero-order chi connectivity index (χ0) is 14.4. The molecular formula is C17H24ClN3O. The van der Waals surface area contributed by atoms with Gasteiger partial charge in [0.15, 0.2) is 0 Å². The number of rotatable bonds is 1. The van der Waals surface area contributed by atoms with E-state index in [9.17, 15) is 4.79 Å². The molecule has 22 heavy (non-hydrogen) atoms. The number of benzene rings is 1. The SMILES string of the molecule is Cl.NC1CCC2CN(C3CCc4ccccc4NC3=O)CC12. The zero-order valence-corrected chi connectivity index (χ0v) is 13.5. The fraction of sp³-hybridized carbons (Fsp3) is 0.588. The fourth-order valence-electron chi connectivity index (χ4n) is 4.44. The van der Waals surface area contributed by atoms with Gasteiger partial charge in [-0.2, -0.15) is 0 Å². The number of para-hydroxylation sites is 1. The van der Waals surface area contributed by atoms with Gasteiger partial charge in [0.25, 0.3) is 0 Å². The van der Waals surface area contributed by atoms with Crippen LogP contribution in [0.4, 0.5) is 5.69 Å². The Balaban J connectivity index is 0.00000144. The molecule has 1 aromatic rings. The highest BCUT2D eigenvalue weighted by Gasteiger charge is 2.44. The first-order valence-corrected chi connectivity index (χ1v) is 8.11. The van der Waals surface area contributed by atoms with E-state index >= 15 is 0 Å². The van der Waals surface area contributed by atoms with Gasteiger partial charge < -0.3 is 11.1 Å². The lowest BCUT2D eigenvalue weighted by Crippen LogP contribution is -2.43. The number of nitrogens with two attached hydrogens (primary N) is 1. The van der Waals surface area contributed by atoms with E-state index in [1.807, 2.05) is 18.2 Å². The number of aryl methyl sites for hydroxylation is 1. The first-order chi connectivity index (χ1) is 10.2. The van der Waals surface area contributed by atoms with Crippen molar-refractivity contribution in [2.75, 3.05) is 18.4 Å². The number of hydrogen-bond donors (Lipinski definition) is 2. The van der Waals surface area contributed by atoms with E-state index in [1.165, 1.54) is 12.0 Å². The van der Waals surface area contributed by atoms with Crippen LogP contribution in [0, 0.1) is 11.8 Å². The molecule has 2 aliphatic heterocycles. The molecule has 0 aromatic heterocycles. The Hall–Kier alpha value is -1.10. The Bertz CT molecular complexity index is 565. The van der Waals surface area contributed by atoms with Gasteiger partial charge in [-0.05, 0) is 49.1 Å². The molecule has 2 fully saturated rings. The lowest BCUT2D eigenvalue weighted by molar-refractivity contribution is -0.121. The number of nitrogens with zero attached hydrogens (tertiary/aromatic N) is 1. The maximum absolute atomic E-state index is 12.6. The molecule has 3 aliphatic rings. The minimum Gasteiger partial charge on any atom is -0.327 e. The van der Waals surface area contributed by atoms with Crippen LogP contribution in [0.1, 0.15) is 24.8 Å². The van der Waals surface area contributed by atoms with Crippen molar-refractivity contribution in [1.82, 2.24) is 4.90 Å². The molecule has 2 heterocycles. The minimum absolute atomic E-state index is 0. The summed E-state index contributed by atoms with van der Waals surface area (Å²) in [5, 5.41) is 3.11. The van der Waals surface area contributed by atoms with Crippen molar-refractivity contribution in [3.8, 4) is 0 Å². The van der Waals surface area contributed by atoms with E-state index in [1.54, 1.807) is 0 Å². The zero-order valence-electron chi connectivity index (χ0n) is 12.7. The monoisotopic (exact) mass is 321 g/mol. The topological polar surface area (TPSA) is 58.4 Å². The Labute approximate surface area is 137 Å². The number of anilines is 1. The van der Waals surface area contributed by atoms with Gasteiger partial charge in [0, 0.05) is 24.8 Å². The number of amides is 1. The molecule has 1 aliphatic carbocycles.